The van der Waals surface area contributed by atoms with Gasteiger partial charge in [-0.2, -0.15) is 0 Å². The molecular weight excluding hydrogens is 418 g/mol. The summed E-state index contributed by atoms with van der Waals surface area (Å²) in [5.74, 6) is 0.400. The lowest BCUT2D eigenvalue weighted by atomic mass is 10.2. The van der Waals surface area contributed by atoms with Crippen LogP contribution >= 0.6 is 0 Å². The van der Waals surface area contributed by atoms with E-state index in [2.05, 4.69) is 15.0 Å². The topological polar surface area (TPSA) is 151 Å². The fourth-order valence-corrected chi connectivity index (χ4v) is 3.73. The minimum atomic E-state index is -0.575. The third-order valence-electron chi connectivity index (χ3n) is 5.35. The molecule has 0 radical (unpaired) electrons. The lowest BCUT2D eigenvalue weighted by molar-refractivity contribution is -0.384. The average molecular weight is 439 g/mol. The van der Waals surface area contributed by atoms with Gasteiger partial charge < -0.3 is 4.57 Å². The summed E-state index contributed by atoms with van der Waals surface area (Å²) in [5, 5.41) is 11.2. The second-order valence-electron chi connectivity index (χ2n) is 7.35. The number of aromatic amines is 1. The number of fused-ring (bicyclic) bond motifs is 2. The summed E-state index contributed by atoms with van der Waals surface area (Å²) in [5.41, 5.74) is -0.881. The lowest BCUT2D eigenvalue weighted by Gasteiger charge is -2.08. The third-order valence-corrected chi connectivity index (χ3v) is 5.35. The number of nitro groups is 1. The van der Waals surface area contributed by atoms with Gasteiger partial charge >= 0.3 is 5.69 Å². The molecule has 1 aromatic carbocycles. The largest absolute Gasteiger partial charge is 0.330 e. The van der Waals surface area contributed by atoms with E-state index in [9.17, 15) is 24.5 Å². The van der Waals surface area contributed by atoms with Gasteiger partial charge in [0.2, 0.25) is 0 Å². The van der Waals surface area contributed by atoms with Crippen LogP contribution in [0.15, 0.2) is 38.9 Å². The molecule has 0 saturated heterocycles. The Bertz CT molecular complexity index is 1530. The summed E-state index contributed by atoms with van der Waals surface area (Å²) >= 11 is 0. The van der Waals surface area contributed by atoms with Crippen LogP contribution < -0.4 is 16.8 Å². The number of non-ortho nitro benzene ring substituents is 1. The number of rotatable bonds is 7. The van der Waals surface area contributed by atoms with E-state index in [4.69, 9.17) is 0 Å². The molecule has 1 N–H and O–H groups in total. The quantitative estimate of drug-likeness (QED) is 0.337. The number of aryl methyl sites for hydroxylation is 2. The van der Waals surface area contributed by atoms with Crippen molar-refractivity contribution < 1.29 is 4.92 Å². The maximum Gasteiger partial charge on any atom is 0.330 e. The van der Waals surface area contributed by atoms with Crippen molar-refractivity contribution in [1.29, 1.82) is 0 Å². The van der Waals surface area contributed by atoms with Gasteiger partial charge in [0.05, 0.1) is 28.7 Å². The zero-order valence-corrected chi connectivity index (χ0v) is 17.6. The van der Waals surface area contributed by atoms with E-state index in [1.54, 1.807) is 4.57 Å². The number of aromatic nitrogens is 6. The van der Waals surface area contributed by atoms with Crippen LogP contribution in [-0.4, -0.2) is 33.6 Å². The normalized spacial score (nSPS) is 11.4. The van der Waals surface area contributed by atoms with E-state index >= 15 is 0 Å². The predicted octanol–water partition coefficient (Wildman–Crippen LogP) is 1.37. The van der Waals surface area contributed by atoms with Crippen LogP contribution in [0.4, 0.5) is 5.69 Å². The smallest absolute Gasteiger partial charge is 0.321 e. The zero-order chi connectivity index (χ0) is 23.0. The molecule has 0 amide bonds. The van der Waals surface area contributed by atoms with Gasteiger partial charge in [-0.25, -0.2) is 14.8 Å². The molecule has 0 fully saturated rings. The van der Waals surface area contributed by atoms with Crippen LogP contribution in [0.3, 0.4) is 0 Å². The molecule has 3 aromatic heterocycles. The average Bonchev–Trinajstić information content (AvgIpc) is 3.13. The van der Waals surface area contributed by atoms with Gasteiger partial charge in [0.1, 0.15) is 5.82 Å². The zero-order valence-electron chi connectivity index (χ0n) is 17.6. The first-order chi connectivity index (χ1) is 15.3. The van der Waals surface area contributed by atoms with Crippen LogP contribution in [0, 0.1) is 10.1 Å². The highest BCUT2D eigenvalue weighted by atomic mass is 16.6. The Hall–Kier alpha value is -4.09. The van der Waals surface area contributed by atoms with Crippen molar-refractivity contribution in [2.75, 3.05) is 0 Å². The van der Waals surface area contributed by atoms with E-state index in [1.165, 1.54) is 33.7 Å². The van der Waals surface area contributed by atoms with Gasteiger partial charge in [-0.05, 0) is 19.4 Å². The van der Waals surface area contributed by atoms with Crippen molar-refractivity contribution in [1.82, 2.24) is 28.7 Å². The van der Waals surface area contributed by atoms with Gasteiger partial charge in [-0.15, -0.1) is 0 Å². The molecule has 0 bridgehead atoms. The van der Waals surface area contributed by atoms with Crippen molar-refractivity contribution in [2.24, 2.45) is 0 Å². The van der Waals surface area contributed by atoms with E-state index in [-0.39, 0.29) is 28.8 Å². The minimum Gasteiger partial charge on any atom is -0.321 e. The number of nitrogens with one attached hydrogen (secondary N) is 1. The first-order valence-electron chi connectivity index (χ1n) is 10.2. The third kappa shape index (κ3) is 3.49. The first kappa shape index (κ1) is 21.2. The summed E-state index contributed by atoms with van der Waals surface area (Å²) in [6.07, 6.45) is 2.94. The number of unbranched alkanes of at least 4 members (excludes halogenated alkanes) is 1. The van der Waals surface area contributed by atoms with Crippen LogP contribution in [0.5, 0.6) is 0 Å². The van der Waals surface area contributed by atoms with Gasteiger partial charge in [0.25, 0.3) is 16.8 Å². The Kier molecular flexibility index (Phi) is 5.43. The standard InChI is InChI=1S/C20H21N7O5/c1-3-5-8-26-17-16(18(28)23-20(26)30)25(4-2)15(22-17)10-24-11-21-14-7-6-12(27(31)32)9-13(14)19(24)29/h6-7,9,11H,3-5,8,10H2,1-2H3,(H,23,28,30). The molecule has 3 heterocycles. The minimum absolute atomic E-state index is 0.0195. The van der Waals surface area contributed by atoms with E-state index in [0.717, 1.165) is 12.8 Å². The second-order valence-corrected chi connectivity index (χ2v) is 7.35. The van der Waals surface area contributed by atoms with Crippen LogP contribution in [0.25, 0.3) is 22.1 Å². The fourth-order valence-electron chi connectivity index (χ4n) is 3.73. The molecule has 4 aromatic rings. The first-order valence-corrected chi connectivity index (χ1v) is 10.2. The number of H-pyrrole nitrogens is 1. The van der Waals surface area contributed by atoms with Gasteiger partial charge in [-0.3, -0.25) is 33.8 Å². The number of nitro benzene ring substituents is 1. The summed E-state index contributed by atoms with van der Waals surface area (Å²) in [6, 6.07) is 3.90. The van der Waals surface area contributed by atoms with Gasteiger partial charge in [0.15, 0.2) is 11.2 Å². The van der Waals surface area contributed by atoms with Crippen molar-refractivity contribution in [3.05, 3.63) is 71.7 Å². The number of nitrogens with zero attached hydrogens (tertiary/aromatic N) is 6. The van der Waals surface area contributed by atoms with Crippen molar-refractivity contribution in [3.63, 3.8) is 0 Å². The molecule has 12 nitrogen and oxygen atoms in total. The number of hydrogen-bond acceptors (Lipinski definition) is 7. The Balaban J connectivity index is 1.88. The predicted molar refractivity (Wildman–Crippen MR) is 117 cm³/mol. The highest BCUT2D eigenvalue weighted by molar-refractivity contribution is 5.79. The molecule has 166 valence electrons. The Morgan fingerprint density at radius 1 is 1.16 bits per heavy atom. The Morgan fingerprint density at radius 3 is 2.62 bits per heavy atom. The van der Waals surface area contributed by atoms with Gasteiger partial charge in [0, 0.05) is 25.2 Å². The van der Waals surface area contributed by atoms with Crippen molar-refractivity contribution in [3.8, 4) is 0 Å². The fraction of sp³-hybridized carbons (Fsp3) is 0.350. The molecule has 0 spiro atoms. The van der Waals surface area contributed by atoms with E-state index in [1.807, 2.05) is 13.8 Å². The number of hydrogen-bond donors (Lipinski definition) is 1. The highest BCUT2D eigenvalue weighted by Gasteiger charge is 2.19. The van der Waals surface area contributed by atoms with Crippen molar-refractivity contribution in [2.45, 2.75) is 46.3 Å². The summed E-state index contributed by atoms with van der Waals surface area (Å²) in [6.45, 7) is 4.60. The van der Waals surface area contributed by atoms with Crippen LogP contribution in [0.2, 0.25) is 0 Å². The van der Waals surface area contributed by atoms with Gasteiger partial charge in [-0.1, -0.05) is 13.3 Å². The molecule has 12 heteroatoms. The number of imidazole rings is 1. The Labute approximate surface area is 179 Å². The monoisotopic (exact) mass is 439 g/mol. The molecule has 32 heavy (non-hydrogen) atoms. The molecule has 0 aliphatic heterocycles. The summed E-state index contributed by atoms with van der Waals surface area (Å²) in [4.78, 5) is 59.5. The lowest BCUT2D eigenvalue weighted by Crippen LogP contribution is -2.31. The molecule has 0 unspecified atom stereocenters. The highest BCUT2D eigenvalue weighted by Crippen LogP contribution is 2.17. The second kappa shape index (κ2) is 8.21. The molecule has 0 atom stereocenters. The number of benzene rings is 1. The SMILES string of the molecule is CCCCn1c(=O)[nH]c(=O)c2c1nc(Cn1cnc3ccc([N+](=O)[O-])cc3c1=O)n2CC. The van der Waals surface area contributed by atoms with Crippen molar-refractivity contribution >= 4 is 27.8 Å². The molecule has 4 rings (SSSR count). The maximum absolute atomic E-state index is 13.0. The molecule has 0 aliphatic carbocycles. The summed E-state index contributed by atoms with van der Waals surface area (Å²) in [7, 11) is 0. The molecule has 0 aliphatic rings. The van der Waals surface area contributed by atoms with E-state index < -0.39 is 21.7 Å². The molecular formula is C20H21N7O5. The Morgan fingerprint density at radius 2 is 1.94 bits per heavy atom. The maximum atomic E-state index is 13.0. The van der Waals surface area contributed by atoms with Crippen LogP contribution in [0.1, 0.15) is 32.5 Å². The van der Waals surface area contributed by atoms with E-state index in [0.29, 0.717) is 24.4 Å². The molecule has 0 saturated carbocycles. The summed E-state index contributed by atoms with van der Waals surface area (Å²) < 4.78 is 4.36. The van der Waals surface area contributed by atoms with Crippen LogP contribution in [-0.2, 0) is 19.6 Å².